The van der Waals surface area contributed by atoms with Crippen molar-refractivity contribution in [3.8, 4) is 0 Å². The molecule has 1 aliphatic heterocycles. The molecule has 0 aliphatic carbocycles. The van der Waals surface area contributed by atoms with Crippen molar-refractivity contribution in [1.29, 1.82) is 0 Å². The number of carbonyl (C=O) groups excluding carboxylic acids is 1. The third kappa shape index (κ3) is 2.84. The lowest BCUT2D eigenvalue weighted by Crippen LogP contribution is -2.42. The van der Waals surface area contributed by atoms with Crippen LogP contribution < -0.4 is 16.0 Å². The zero-order valence-electron chi connectivity index (χ0n) is 12.2. The molecule has 1 aliphatic rings. The van der Waals surface area contributed by atoms with E-state index in [4.69, 9.17) is 0 Å². The molecular formula is C17H19N3O. The van der Waals surface area contributed by atoms with Gasteiger partial charge in [0, 0.05) is 12.2 Å². The lowest BCUT2D eigenvalue weighted by molar-refractivity contribution is -0.116. The summed E-state index contributed by atoms with van der Waals surface area (Å²) in [5, 5.41) is 9.51. The summed E-state index contributed by atoms with van der Waals surface area (Å²) in [4.78, 5) is 12.4. The van der Waals surface area contributed by atoms with E-state index in [2.05, 4.69) is 22.9 Å². The summed E-state index contributed by atoms with van der Waals surface area (Å²) in [7, 11) is 0. The number of anilines is 3. The Morgan fingerprint density at radius 3 is 2.62 bits per heavy atom. The third-order valence-electron chi connectivity index (χ3n) is 3.84. The highest BCUT2D eigenvalue weighted by atomic mass is 16.2. The van der Waals surface area contributed by atoms with Gasteiger partial charge in [0.15, 0.2) is 0 Å². The maximum atomic E-state index is 12.4. The Morgan fingerprint density at radius 1 is 1.10 bits per heavy atom. The van der Waals surface area contributed by atoms with Gasteiger partial charge in [-0.15, -0.1) is 0 Å². The van der Waals surface area contributed by atoms with Gasteiger partial charge in [0.05, 0.1) is 11.4 Å². The Hall–Kier alpha value is -2.49. The first-order chi connectivity index (χ1) is 10.1. The molecular weight excluding hydrogens is 262 g/mol. The smallest absolute Gasteiger partial charge is 0.248 e. The number of para-hydroxylation sites is 2. The largest absolute Gasteiger partial charge is 0.381 e. The van der Waals surface area contributed by atoms with Gasteiger partial charge in [-0.05, 0) is 49.2 Å². The van der Waals surface area contributed by atoms with Crippen molar-refractivity contribution < 1.29 is 4.79 Å². The quantitative estimate of drug-likeness (QED) is 0.792. The lowest BCUT2D eigenvalue weighted by atomic mass is 10.1. The first kappa shape index (κ1) is 13.5. The molecule has 1 unspecified atom stereocenters. The number of benzene rings is 2. The minimum atomic E-state index is -0.276. The predicted molar refractivity (Wildman–Crippen MR) is 86.9 cm³/mol. The number of hydrogen-bond acceptors (Lipinski definition) is 3. The standard InChI is InChI=1S/C17H19N3O/c1-11-7-8-13(9-12(11)2)19-17(21)16-10-18-14-5-3-4-6-15(14)20-16/h3-9,16,18,20H,10H2,1-2H3,(H,19,21). The number of fused-ring (bicyclic) bond motifs is 1. The SMILES string of the molecule is Cc1ccc(NC(=O)C2CNc3ccccc3N2)cc1C. The van der Waals surface area contributed by atoms with Gasteiger partial charge in [0.2, 0.25) is 5.91 Å². The van der Waals surface area contributed by atoms with E-state index in [0.29, 0.717) is 6.54 Å². The third-order valence-corrected chi connectivity index (χ3v) is 3.84. The van der Waals surface area contributed by atoms with E-state index in [1.807, 2.05) is 49.4 Å². The van der Waals surface area contributed by atoms with Crippen molar-refractivity contribution in [3.63, 3.8) is 0 Å². The predicted octanol–water partition coefficient (Wildman–Crippen LogP) is 3.15. The van der Waals surface area contributed by atoms with Crippen molar-refractivity contribution >= 4 is 23.0 Å². The molecule has 108 valence electrons. The maximum absolute atomic E-state index is 12.4. The van der Waals surface area contributed by atoms with E-state index >= 15 is 0 Å². The molecule has 2 aromatic rings. The molecule has 0 saturated heterocycles. The van der Waals surface area contributed by atoms with Gasteiger partial charge in [-0.3, -0.25) is 4.79 Å². The molecule has 0 spiro atoms. The van der Waals surface area contributed by atoms with Gasteiger partial charge in [-0.2, -0.15) is 0 Å². The molecule has 0 saturated carbocycles. The van der Waals surface area contributed by atoms with Crippen LogP contribution in [0.2, 0.25) is 0 Å². The van der Waals surface area contributed by atoms with Gasteiger partial charge in [-0.1, -0.05) is 18.2 Å². The summed E-state index contributed by atoms with van der Waals surface area (Å²) in [6.45, 7) is 4.68. The number of carbonyl (C=O) groups is 1. The lowest BCUT2D eigenvalue weighted by Gasteiger charge is -2.27. The van der Waals surface area contributed by atoms with Crippen molar-refractivity contribution in [2.45, 2.75) is 19.9 Å². The van der Waals surface area contributed by atoms with Crippen molar-refractivity contribution in [2.24, 2.45) is 0 Å². The highest BCUT2D eigenvalue weighted by molar-refractivity contribution is 5.98. The molecule has 2 aromatic carbocycles. The summed E-state index contributed by atoms with van der Waals surface area (Å²) >= 11 is 0. The molecule has 3 rings (SSSR count). The maximum Gasteiger partial charge on any atom is 0.248 e. The van der Waals surface area contributed by atoms with Crippen LogP contribution in [0.1, 0.15) is 11.1 Å². The number of rotatable bonds is 2. The normalized spacial score (nSPS) is 16.4. The zero-order chi connectivity index (χ0) is 14.8. The minimum absolute atomic E-state index is 0.0275. The first-order valence-corrected chi connectivity index (χ1v) is 7.11. The highest BCUT2D eigenvalue weighted by Crippen LogP contribution is 2.25. The Morgan fingerprint density at radius 2 is 1.86 bits per heavy atom. The summed E-state index contributed by atoms with van der Waals surface area (Å²) in [5.41, 5.74) is 5.23. The van der Waals surface area contributed by atoms with Gasteiger partial charge in [0.1, 0.15) is 6.04 Å². The van der Waals surface area contributed by atoms with Crippen LogP contribution in [0.25, 0.3) is 0 Å². The molecule has 1 amide bonds. The van der Waals surface area contributed by atoms with Gasteiger partial charge < -0.3 is 16.0 Å². The molecule has 1 heterocycles. The number of nitrogens with one attached hydrogen (secondary N) is 3. The second kappa shape index (κ2) is 5.48. The van der Waals surface area contributed by atoms with E-state index in [-0.39, 0.29) is 11.9 Å². The molecule has 4 nitrogen and oxygen atoms in total. The monoisotopic (exact) mass is 281 g/mol. The average Bonchev–Trinajstić information content (AvgIpc) is 2.50. The van der Waals surface area contributed by atoms with Gasteiger partial charge in [0.25, 0.3) is 0 Å². The average molecular weight is 281 g/mol. The van der Waals surface area contributed by atoms with E-state index in [1.165, 1.54) is 11.1 Å². The topological polar surface area (TPSA) is 53.2 Å². The van der Waals surface area contributed by atoms with Crippen LogP contribution in [0.15, 0.2) is 42.5 Å². The van der Waals surface area contributed by atoms with E-state index in [1.54, 1.807) is 0 Å². The Labute approximate surface area is 124 Å². The van der Waals surface area contributed by atoms with Crippen LogP contribution in [0, 0.1) is 13.8 Å². The van der Waals surface area contributed by atoms with E-state index in [9.17, 15) is 4.79 Å². The second-order valence-electron chi connectivity index (χ2n) is 5.41. The fourth-order valence-corrected chi connectivity index (χ4v) is 2.42. The van der Waals surface area contributed by atoms with Crippen LogP contribution in [0.4, 0.5) is 17.1 Å². The second-order valence-corrected chi connectivity index (χ2v) is 5.41. The fourth-order valence-electron chi connectivity index (χ4n) is 2.42. The molecule has 0 fully saturated rings. The summed E-state index contributed by atoms with van der Waals surface area (Å²) in [6, 6.07) is 13.6. The summed E-state index contributed by atoms with van der Waals surface area (Å²) in [5.74, 6) is -0.0275. The number of hydrogen-bond donors (Lipinski definition) is 3. The Kier molecular flexibility index (Phi) is 3.52. The van der Waals surface area contributed by atoms with E-state index < -0.39 is 0 Å². The minimum Gasteiger partial charge on any atom is -0.381 e. The fraction of sp³-hybridized carbons (Fsp3) is 0.235. The van der Waals surface area contributed by atoms with Crippen LogP contribution in [0.3, 0.4) is 0 Å². The Bertz CT molecular complexity index is 681. The van der Waals surface area contributed by atoms with E-state index in [0.717, 1.165) is 17.1 Å². The number of aryl methyl sites for hydroxylation is 2. The van der Waals surface area contributed by atoms with Crippen LogP contribution in [0.5, 0.6) is 0 Å². The first-order valence-electron chi connectivity index (χ1n) is 7.11. The van der Waals surface area contributed by atoms with Gasteiger partial charge >= 0.3 is 0 Å². The van der Waals surface area contributed by atoms with Gasteiger partial charge in [-0.25, -0.2) is 0 Å². The van der Waals surface area contributed by atoms with Crippen molar-refractivity contribution in [2.75, 3.05) is 22.5 Å². The van der Waals surface area contributed by atoms with Crippen LogP contribution in [-0.2, 0) is 4.79 Å². The molecule has 3 N–H and O–H groups in total. The number of amides is 1. The summed E-state index contributed by atoms with van der Waals surface area (Å²) in [6.07, 6.45) is 0. The summed E-state index contributed by atoms with van der Waals surface area (Å²) < 4.78 is 0. The molecule has 4 heteroatoms. The van der Waals surface area contributed by atoms with Crippen molar-refractivity contribution in [1.82, 2.24) is 0 Å². The Balaban J connectivity index is 1.70. The molecule has 21 heavy (non-hydrogen) atoms. The van der Waals surface area contributed by atoms with Crippen LogP contribution in [-0.4, -0.2) is 18.5 Å². The molecule has 1 atom stereocenters. The van der Waals surface area contributed by atoms with Crippen LogP contribution >= 0.6 is 0 Å². The molecule has 0 bridgehead atoms. The molecule has 0 radical (unpaired) electrons. The van der Waals surface area contributed by atoms with Crippen molar-refractivity contribution in [3.05, 3.63) is 53.6 Å². The highest BCUT2D eigenvalue weighted by Gasteiger charge is 2.23. The zero-order valence-corrected chi connectivity index (χ0v) is 12.2. The molecule has 0 aromatic heterocycles.